The third-order valence-corrected chi connectivity index (χ3v) is 5.57. The SMILES string of the molecule is CCN1CCC(N(C)C(=O)c2cnn3c(-c4ccccc4)ccnc23)CC1. The topological polar surface area (TPSA) is 53.7 Å². The summed E-state index contributed by atoms with van der Waals surface area (Å²) in [5, 5.41) is 4.47. The van der Waals surface area contributed by atoms with Crippen molar-refractivity contribution >= 4 is 11.6 Å². The van der Waals surface area contributed by atoms with Gasteiger partial charge >= 0.3 is 0 Å². The van der Waals surface area contributed by atoms with E-state index >= 15 is 0 Å². The monoisotopic (exact) mass is 363 g/mol. The van der Waals surface area contributed by atoms with Gasteiger partial charge in [0.1, 0.15) is 5.56 Å². The molecule has 6 nitrogen and oxygen atoms in total. The van der Waals surface area contributed by atoms with Gasteiger partial charge in [0.25, 0.3) is 5.91 Å². The zero-order valence-corrected chi connectivity index (χ0v) is 15.9. The molecule has 27 heavy (non-hydrogen) atoms. The third-order valence-electron chi connectivity index (χ3n) is 5.57. The first-order valence-corrected chi connectivity index (χ1v) is 9.56. The molecule has 0 N–H and O–H groups in total. The number of piperidine rings is 1. The van der Waals surface area contributed by atoms with E-state index < -0.39 is 0 Å². The quantitative estimate of drug-likeness (QED) is 0.715. The van der Waals surface area contributed by atoms with E-state index in [-0.39, 0.29) is 11.9 Å². The molecule has 1 saturated heterocycles. The van der Waals surface area contributed by atoms with Crippen molar-refractivity contribution in [1.82, 2.24) is 24.4 Å². The molecule has 4 rings (SSSR count). The number of hydrogen-bond donors (Lipinski definition) is 0. The number of carbonyl (C=O) groups is 1. The Morgan fingerprint density at radius 2 is 1.93 bits per heavy atom. The smallest absolute Gasteiger partial charge is 0.259 e. The van der Waals surface area contributed by atoms with Crippen LogP contribution in [0.5, 0.6) is 0 Å². The lowest BCUT2D eigenvalue weighted by atomic mass is 10.0. The molecule has 0 radical (unpaired) electrons. The molecule has 3 heterocycles. The maximum absolute atomic E-state index is 13.1. The van der Waals surface area contributed by atoms with Gasteiger partial charge in [-0.3, -0.25) is 4.79 Å². The fraction of sp³-hybridized carbons (Fsp3) is 0.381. The predicted molar refractivity (Wildman–Crippen MR) is 106 cm³/mol. The van der Waals surface area contributed by atoms with E-state index in [0.717, 1.165) is 43.7 Å². The average Bonchev–Trinajstić information content (AvgIpc) is 3.17. The van der Waals surface area contributed by atoms with Crippen molar-refractivity contribution in [1.29, 1.82) is 0 Å². The minimum atomic E-state index is -0.00217. The highest BCUT2D eigenvalue weighted by molar-refractivity contribution is 6.00. The summed E-state index contributed by atoms with van der Waals surface area (Å²) in [6.07, 6.45) is 5.42. The van der Waals surface area contributed by atoms with E-state index in [4.69, 9.17) is 0 Å². The Labute approximate surface area is 159 Å². The Bertz CT molecular complexity index is 928. The molecule has 6 heteroatoms. The number of carbonyl (C=O) groups excluding carboxylic acids is 1. The van der Waals surface area contributed by atoms with Crippen LogP contribution in [0.25, 0.3) is 16.9 Å². The molecule has 1 aliphatic heterocycles. The van der Waals surface area contributed by atoms with Crippen LogP contribution in [-0.4, -0.2) is 63.0 Å². The van der Waals surface area contributed by atoms with Gasteiger partial charge in [0.15, 0.2) is 5.65 Å². The zero-order valence-electron chi connectivity index (χ0n) is 15.9. The molecule has 2 aromatic heterocycles. The van der Waals surface area contributed by atoms with Crippen LogP contribution in [0.15, 0.2) is 48.8 Å². The largest absolute Gasteiger partial charge is 0.338 e. The summed E-state index contributed by atoms with van der Waals surface area (Å²) in [7, 11) is 1.90. The maximum Gasteiger partial charge on any atom is 0.259 e. The molecule has 1 amide bonds. The second-order valence-electron chi connectivity index (χ2n) is 7.07. The Morgan fingerprint density at radius 3 is 2.63 bits per heavy atom. The van der Waals surface area contributed by atoms with Gasteiger partial charge in [-0.25, -0.2) is 9.50 Å². The van der Waals surface area contributed by atoms with Gasteiger partial charge in [0, 0.05) is 37.9 Å². The maximum atomic E-state index is 13.1. The van der Waals surface area contributed by atoms with E-state index in [1.165, 1.54) is 0 Å². The van der Waals surface area contributed by atoms with E-state index in [2.05, 4.69) is 21.9 Å². The Hall–Kier alpha value is -2.73. The standard InChI is InChI=1S/C21H25N5O/c1-3-25-13-10-17(11-14-25)24(2)21(27)18-15-23-26-19(9-12-22-20(18)26)16-7-5-4-6-8-16/h4-9,12,15,17H,3,10-11,13-14H2,1-2H3. The van der Waals surface area contributed by atoms with Crippen LogP contribution < -0.4 is 0 Å². The molecule has 1 aromatic carbocycles. The van der Waals surface area contributed by atoms with Gasteiger partial charge in [-0.05, 0) is 25.5 Å². The summed E-state index contributed by atoms with van der Waals surface area (Å²) in [6, 6.07) is 12.2. The van der Waals surface area contributed by atoms with Crippen molar-refractivity contribution in [3.8, 4) is 11.3 Å². The van der Waals surface area contributed by atoms with Crippen molar-refractivity contribution < 1.29 is 4.79 Å². The molecule has 140 valence electrons. The number of rotatable bonds is 4. The Kier molecular flexibility index (Phi) is 4.90. The van der Waals surface area contributed by atoms with Crippen LogP contribution in [0, 0.1) is 0 Å². The lowest BCUT2D eigenvalue weighted by molar-refractivity contribution is 0.0648. The number of aromatic nitrogens is 3. The lowest BCUT2D eigenvalue weighted by Crippen LogP contribution is -2.45. The molecule has 0 saturated carbocycles. The molecule has 3 aromatic rings. The molecule has 1 fully saturated rings. The fourth-order valence-electron chi connectivity index (χ4n) is 3.85. The third kappa shape index (κ3) is 3.32. The first kappa shape index (κ1) is 17.7. The van der Waals surface area contributed by atoms with Crippen molar-refractivity contribution in [2.75, 3.05) is 26.7 Å². The molecular formula is C21H25N5O. The van der Waals surface area contributed by atoms with Gasteiger partial charge in [-0.2, -0.15) is 5.10 Å². The zero-order chi connectivity index (χ0) is 18.8. The van der Waals surface area contributed by atoms with Gasteiger partial charge in [-0.15, -0.1) is 0 Å². The molecule has 0 unspecified atom stereocenters. The second kappa shape index (κ2) is 7.48. The molecule has 0 spiro atoms. The van der Waals surface area contributed by atoms with Crippen molar-refractivity contribution in [3.05, 3.63) is 54.4 Å². The number of amides is 1. The van der Waals surface area contributed by atoms with E-state index in [1.807, 2.05) is 48.3 Å². The number of benzene rings is 1. The van der Waals surface area contributed by atoms with Crippen LogP contribution >= 0.6 is 0 Å². The van der Waals surface area contributed by atoms with Crippen LogP contribution in [-0.2, 0) is 0 Å². The Morgan fingerprint density at radius 1 is 1.19 bits per heavy atom. The van der Waals surface area contributed by atoms with Crippen LogP contribution in [0.3, 0.4) is 0 Å². The average molecular weight is 363 g/mol. The van der Waals surface area contributed by atoms with Crippen molar-refractivity contribution in [3.63, 3.8) is 0 Å². The van der Waals surface area contributed by atoms with Gasteiger partial charge in [0.2, 0.25) is 0 Å². The minimum Gasteiger partial charge on any atom is -0.338 e. The highest BCUT2D eigenvalue weighted by Gasteiger charge is 2.27. The number of likely N-dealkylation sites (tertiary alicyclic amines) is 1. The van der Waals surface area contributed by atoms with Gasteiger partial charge in [-0.1, -0.05) is 37.3 Å². The van der Waals surface area contributed by atoms with Gasteiger partial charge < -0.3 is 9.80 Å². The normalized spacial score (nSPS) is 15.9. The van der Waals surface area contributed by atoms with Crippen LogP contribution in [0.4, 0.5) is 0 Å². The molecular weight excluding hydrogens is 338 g/mol. The lowest BCUT2D eigenvalue weighted by Gasteiger charge is -2.36. The summed E-state index contributed by atoms with van der Waals surface area (Å²) in [5.41, 5.74) is 3.15. The summed E-state index contributed by atoms with van der Waals surface area (Å²) in [5.74, 6) is -0.00217. The fourth-order valence-corrected chi connectivity index (χ4v) is 3.85. The summed E-state index contributed by atoms with van der Waals surface area (Å²) >= 11 is 0. The highest BCUT2D eigenvalue weighted by atomic mass is 16.2. The number of fused-ring (bicyclic) bond motifs is 1. The van der Waals surface area contributed by atoms with Gasteiger partial charge in [0.05, 0.1) is 11.9 Å². The second-order valence-corrected chi connectivity index (χ2v) is 7.07. The first-order chi connectivity index (χ1) is 13.2. The minimum absolute atomic E-state index is 0.00217. The van der Waals surface area contributed by atoms with E-state index in [0.29, 0.717) is 11.2 Å². The van der Waals surface area contributed by atoms with E-state index in [9.17, 15) is 4.79 Å². The van der Waals surface area contributed by atoms with E-state index in [1.54, 1.807) is 16.9 Å². The molecule has 0 bridgehead atoms. The predicted octanol–water partition coefficient (Wildman–Crippen LogP) is 2.95. The molecule has 0 atom stereocenters. The van der Waals surface area contributed by atoms with Crippen LogP contribution in [0.2, 0.25) is 0 Å². The first-order valence-electron chi connectivity index (χ1n) is 9.56. The summed E-state index contributed by atoms with van der Waals surface area (Å²) in [6.45, 7) is 5.35. The Balaban J connectivity index is 1.62. The number of hydrogen-bond acceptors (Lipinski definition) is 4. The van der Waals surface area contributed by atoms with Crippen LogP contribution in [0.1, 0.15) is 30.1 Å². The summed E-state index contributed by atoms with van der Waals surface area (Å²) in [4.78, 5) is 21.9. The van der Waals surface area contributed by atoms with Crippen molar-refractivity contribution in [2.24, 2.45) is 0 Å². The summed E-state index contributed by atoms with van der Waals surface area (Å²) < 4.78 is 1.76. The number of nitrogens with zero attached hydrogens (tertiary/aromatic N) is 5. The van der Waals surface area contributed by atoms with Crippen molar-refractivity contribution in [2.45, 2.75) is 25.8 Å². The highest BCUT2D eigenvalue weighted by Crippen LogP contribution is 2.23. The molecule has 0 aliphatic carbocycles. The molecule has 1 aliphatic rings.